The first kappa shape index (κ1) is 22.5. The Bertz CT molecular complexity index is 1100. The summed E-state index contributed by atoms with van der Waals surface area (Å²) in [6, 6.07) is 13.8. The summed E-state index contributed by atoms with van der Waals surface area (Å²) in [7, 11) is 0. The zero-order valence-corrected chi connectivity index (χ0v) is 14.5. The van der Waals surface area contributed by atoms with Gasteiger partial charge in [0.1, 0.15) is 41.8 Å². The normalized spacial score (nSPS) is 11.2. The number of carboxylic acid groups (broad SMARTS) is 1. The van der Waals surface area contributed by atoms with Gasteiger partial charge in [0.2, 0.25) is 5.76 Å². The van der Waals surface area contributed by atoms with Crippen molar-refractivity contribution in [2.45, 2.75) is 6.10 Å². The second kappa shape index (κ2) is 10.1. The first-order valence-electron chi connectivity index (χ1n) is 8.22. The van der Waals surface area contributed by atoms with Gasteiger partial charge in [-0.15, -0.1) is 0 Å². The van der Waals surface area contributed by atoms with E-state index in [4.69, 9.17) is 24.3 Å². The predicted molar refractivity (Wildman–Crippen MR) is 105 cm³/mol. The summed E-state index contributed by atoms with van der Waals surface area (Å²) in [5.41, 5.74) is 0.0142. The van der Waals surface area contributed by atoms with Crippen LogP contribution in [0.25, 0.3) is 11.0 Å². The van der Waals surface area contributed by atoms with E-state index in [9.17, 15) is 14.7 Å². The third-order valence-corrected chi connectivity index (χ3v) is 3.78. The maximum atomic E-state index is 12.2. The van der Waals surface area contributed by atoms with Crippen molar-refractivity contribution in [2.24, 2.45) is 0 Å². The molecular weight excluding hydrogens is 389 g/mol. The summed E-state index contributed by atoms with van der Waals surface area (Å²) >= 11 is 0. The molecule has 2 aromatic carbocycles. The van der Waals surface area contributed by atoms with Gasteiger partial charge < -0.3 is 24.1 Å². The van der Waals surface area contributed by atoms with E-state index in [2.05, 4.69) is 0 Å². The Morgan fingerprint density at radius 3 is 2.48 bits per heavy atom. The van der Waals surface area contributed by atoms with Crippen LogP contribution >= 0.6 is 0 Å². The van der Waals surface area contributed by atoms with Gasteiger partial charge in [0.25, 0.3) is 0 Å². The van der Waals surface area contributed by atoms with Crippen molar-refractivity contribution in [3.8, 4) is 17.6 Å². The fraction of sp³-hybridized carbons (Fsp3) is 0.150. The van der Waals surface area contributed by atoms with E-state index in [1.165, 1.54) is 12.1 Å². The first-order valence-corrected chi connectivity index (χ1v) is 8.22. The Morgan fingerprint density at radius 1 is 1.14 bits per heavy atom. The van der Waals surface area contributed by atoms with Crippen molar-refractivity contribution in [1.29, 1.82) is 5.26 Å². The Balaban J connectivity index is 0.00000300. The van der Waals surface area contributed by atoms with Gasteiger partial charge in [0.15, 0.2) is 5.43 Å². The van der Waals surface area contributed by atoms with E-state index in [-0.39, 0.29) is 59.5 Å². The number of hydrogen-bond donors (Lipinski definition) is 2. The predicted octanol–water partition coefficient (Wildman–Crippen LogP) is 1.53. The van der Waals surface area contributed by atoms with E-state index < -0.39 is 23.3 Å². The van der Waals surface area contributed by atoms with Gasteiger partial charge in [-0.25, -0.2) is 4.79 Å². The fourth-order valence-electron chi connectivity index (χ4n) is 2.46. The summed E-state index contributed by atoms with van der Waals surface area (Å²) in [4.78, 5) is 23.2. The number of nitrogens with zero attached hydrogens (tertiary/aromatic N) is 1. The molecule has 0 bridgehead atoms. The van der Waals surface area contributed by atoms with Gasteiger partial charge in [0, 0.05) is 6.07 Å². The number of aliphatic hydroxyl groups excluding tert-OH is 1. The standard InChI is InChI=1S/C20H15NO7.Na.H/c21-9-12-4-6-14(7-5-12)26-10-13(22)11-27-16-2-1-3-17-19(16)15(23)8-18(28-17)20(24)25;;/h1-8,13,22H,10-11H2,(H,24,25);;. The van der Waals surface area contributed by atoms with Gasteiger partial charge in [-0.05, 0) is 36.4 Å². The number of fused-ring (bicyclic) bond motifs is 1. The summed E-state index contributed by atoms with van der Waals surface area (Å²) in [5, 5.41) is 27.9. The second-order valence-electron chi connectivity index (χ2n) is 5.82. The third-order valence-electron chi connectivity index (χ3n) is 3.78. The molecule has 0 radical (unpaired) electrons. The molecule has 0 aliphatic rings. The third kappa shape index (κ3) is 5.59. The summed E-state index contributed by atoms with van der Waals surface area (Å²) in [6.45, 7) is -0.218. The SMILES string of the molecule is N#Cc1ccc(OCC(O)COc2cccc3oc(C(=O)O)cc(=O)c23)cc1.[NaH]. The number of carbonyl (C=O) groups is 1. The molecule has 2 N–H and O–H groups in total. The van der Waals surface area contributed by atoms with Crippen molar-refractivity contribution in [2.75, 3.05) is 13.2 Å². The monoisotopic (exact) mass is 405 g/mol. The minimum atomic E-state index is -1.35. The quantitative estimate of drug-likeness (QED) is 0.566. The number of nitriles is 1. The molecule has 0 fully saturated rings. The molecule has 1 heterocycles. The van der Waals surface area contributed by atoms with Crippen LogP contribution in [0.15, 0.2) is 57.7 Å². The van der Waals surface area contributed by atoms with Crippen LogP contribution in [0.1, 0.15) is 16.1 Å². The number of aliphatic hydroxyl groups is 1. The van der Waals surface area contributed by atoms with Crippen LogP contribution in [0.3, 0.4) is 0 Å². The van der Waals surface area contributed by atoms with E-state index in [1.807, 2.05) is 6.07 Å². The van der Waals surface area contributed by atoms with Crippen molar-refractivity contribution in [3.05, 3.63) is 70.1 Å². The molecule has 9 heteroatoms. The Hall–Kier alpha value is -2.83. The molecule has 1 atom stereocenters. The van der Waals surface area contributed by atoms with Crippen LogP contribution in [0, 0.1) is 11.3 Å². The molecule has 0 saturated heterocycles. The van der Waals surface area contributed by atoms with Crippen molar-refractivity contribution >= 4 is 46.5 Å². The molecule has 144 valence electrons. The van der Waals surface area contributed by atoms with Crippen molar-refractivity contribution in [1.82, 2.24) is 0 Å². The Labute approximate surface area is 187 Å². The second-order valence-corrected chi connectivity index (χ2v) is 5.82. The zero-order chi connectivity index (χ0) is 20.1. The van der Waals surface area contributed by atoms with Gasteiger partial charge in [-0.1, -0.05) is 6.07 Å². The van der Waals surface area contributed by atoms with Gasteiger partial charge in [-0.3, -0.25) is 4.79 Å². The topological polar surface area (TPSA) is 130 Å². The van der Waals surface area contributed by atoms with Crippen molar-refractivity contribution < 1.29 is 28.9 Å². The van der Waals surface area contributed by atoms with Gasteiger partial charge in [0.05, 0.1) is 11.6 Å². The van der Waals surface area contributed by atoms with Crippen LogP contribution in [0.5, 0.6) is 11.5 Å². The van der Waals surface area contributed by atoms with Crippen LogP contribution in [0.4, 0.5) is 0 Å². The van der Waals surface area contributed by atoms with Crippen LogP contribution in [-0.4, -0.2) is 65.1 Å². The average Bonchev–Trinajstić information content (AvgIpc) is 2.70. The van der Waals surface area contributed by atoms with Crippen LogP contribution in [-0.2, 0) is 0 Å². The molecule has 3 aromatic rings. The molecule has 0 saturated carbocycles. The molecule has 0 amide bonds. The van der Waals surface area contributed by atoms with E-state index in [1.54, 1.807) is 30.3 Å². The number of ether oxygens (including phenoxy) is 2. The molecule has 1 unspecified atom stereocenters. The number of hydrogen-bond acceptors (Lipinski definition) is 7. The number of aromatic carboxylic acids is 1. The molecule has 3 rings (SSSR count). The first-order chi connectivity index (χ1) is 13.5. The molecule has 0 aliphatic carbocycles. The Kier molecular flexibility index (Phi) is 7.82. The van der Waals surface area contributed by atoms with Crippen molar-refractivity contribution in [3.63, 3.8) is 0 Å². The molecule has 8 nitrogen and oxygen atoms in total. The zero-order valence-electron chi connectivity index (χ0n) is 14.5. The summed E-state index contributed by atoms with van der Waals surface area (Å²) in [5.74, 6) is -1.16. The molecule has 1 aromatic heterocycles. The van der Waals surface area contributed by atoms with Gasteiger partial charge in [-0.2, -0.15) is 5.26 Å². The molecular formula is C20H16NNaO7. The summed E-state index contributed by atoms with van der Waals surface area (Å²) in [6.07, 6.45) is -0.990. The summed E-state index contributed by atoms with van der Waals surface area (Å²) < 4.78 is 16.1. The number of carboxylic acids is 1. The molecule has 0 aliphatic heterocycles. The molecule has 0 spiro atoms. The number of rotatable bonds is 7. The molecule has 29 heavy (non-hydrogen) atoms. The number of benzene rings is 2. The van der Waals surface area contributed by atoms with Crippen LogP contribution in [0.2, 0.25) is 0 Å². The van der Waals surface area contributed by atoms with Crippen LogP contribution < -0.4 is 14.9 Å². The van der Waals surface area contributed by atoms with E-state index >= 15 is 0 Å². The average molecular weight is 405 g/mol. The Morgan fingerprint density at radius 2 is 1.83 bits per heavy atom. The van der Waals surface area contributed by atoms with E-state index in [0.717, 1.165) is 6.07 Å². The minimum absolute atomic E-state index is 0. The van der Waals surface area contributed by atoms with Gasteiger partial charge >= 0.3 is 35.5 Å². The maximum absolute atomic E-state index is 12.2. The fourth-order valence-corrected chi connectivity index (χ4v) is 2.46. The van der Waals surface area contributed by atoms with E-state index in [0.29, 0.717) is 11.3 Å².